The predicted molar refractivity (Wildman–Crippen MR) is 79.9 cm³/mol. The Hall–Kier alpha value is -1.22. The molecule has 2 rings (SSSR count). The number of fused-ring (bicyclic) bond motifs is 1. The van der Waals surface area contributed by atoms with Crippen molar-refractivity contribution in [2.75, 3.05) is 0 Å². The molecule has 0 N–H and O–H groups in total. The van der Waals surface area contributed by atoms with Crippen molar-refractivity contribution >= 4 is 12.6 Å². The van der Waals surface area contributed by atoms with Crippen LogP contribution in [0.25, 0.3) is 0 Å². The molecule has 0 aliphatic carbocycles. The van der Waals surface area contributed by atoms with E-state index in [1.165, 1.54) is 17.1 Å². The molecule has 0 aromatic carbocycles. The highest BCUT2D eigenvalue weighted by atomic mass is 32.1. The third-order valence-corrected chi connectivity index (χ3v) is 3.86. The lowest BCUT2D eigenvalue weighted by atomic mass is 9.94. The first kappa shape index (κ1) is 13.2. The van der Waals surface area contributed by atoms with Gasteiger partial charge >= 0.3 is 0 Å². The Labute approximate surface area is 115 Å². The maximum Gasteiger partial charge on any atom is 0.109 e. The van der Waals surface area contributed by atoms with Gasteiger partial charge in [0.05, 0.1) is 6.04 Å². The Morgan fingerprint density at radius 3 is 3.06 bits per heavy atom. The van der Waals surface area contributed by atoms with Crippen molar-refractivity contribution < 1.29 is 0 Å². The van der Waals surface area contributed by atoms with E-state index in [4.69, 9.17) is 0 Å². The molecule has 1 aromatic rings. The van der Waals surface area contributed by atoms with Crippen LogP contribution in [0.5, 0.6) is 0 Å². The normalized spacial score (nSPS) is 23.6. The Morgan fingerprint density at radius 1 is 1.67 bits per heavy atom. The summed E-state index contributed by atoms with van der Waals surface area (Å²) in [6, 6.07) is 0.380. The van der Waals surface area contributed by atoms with Gasteiger partial charge in [-0.25, -0.2) is 4.98 Å². The fraction of sp³-hybridized carbons (Fsp3) is 0.400. The average Bonchev–Trinajstić information content (AvgIpc) is 2.89. The molecule has 18 heavy (non-hydrogen) atoms. The van der Waals surface area contributed by atoms with Crippen molar-refractivity contribution in [2.24, 2.45) is 5.92 Å². The second-order valence-corrected chi connectivity index (χ2v) is 5.02. The minimum absolute atomic E-state index is 0.380. The topological polar surface area (TPSA) is 17.8 Å². The Kier molecular flexibility index (Phi) is 4.12. The first-order valence-electron chi connectivity index (χ1n) is 6.34. The van der Waals surface area contributed by atoms with Crippen LogP contribution in [0, 0.1) is 5.92 Å². The van der Waals surface area contributed by atoms with Crippen LogP contribution < -0.4 is 0 Å². The fourth-order valence-electron chi connectivity index (χ4n) is 2.72. The fourth-order valence-corrected chi connectivity index (χ4v) is 2.96. The summed E-state index contributed by atoms with van der Waals surface area (Å²) in [6.45, 7) is 8.11. The summed E-state index contributed by atoms with van der Waals surface area (Å²) in [4.78, 5) is 4.51. The van der Waals surface area contributed by atoms with Crippen molar-refractivity contribution in [3.8, 4) is 0 Å². The van der Waals surface area contributed by atoms with Gasteiger partial charge in [-0.2, -0.15) is 12.6 Å². The highest BCUT2D eigenvalue weighted by molar-refractivity contribution is 7.79. The minimum atomic E-state index is 0.380. The number of allylic oxidation sites excluding steroid dienone is 5. The molecule has 1 aromatic heterocycles. The summed E-state index contributed by atoms with van der Waals surface area (Å²) in [5, 5.41) is 0. The van der Waals surface area contributed by atoms with Crippen molar-refractivity contribution in [1.29, 1.82) is 0 Å². The molecule has 1 aliphatic rings. The van der Waals surface area contributed by atoms with Gasteiger partial charge in [0.1, 0.15) is 5.82 Å². The van der Waals surface area contributed by atoms with E-state index in [2.05, 4.69) is 54.8 Å². The number of nitrogens with zero attached hydrogens (tertiary/aromatic N) is 2. The first-order chi connectivity index (χ1) is 8.72. The molecule has 0 spiro atoms. The number of rotatable bonds is 4. The molecule has 2 heterocycles. The standard InChI is InChI=1S/C15H20N2S/c1-4-6-7-12(5-2)15-11(3)8-14-16-9-13(10-18)17(14)15/h4-7,9,11,15,18H,1,8,10H2,2-3H3/b7-6-,12-5+. The van der Waals surface area contributed by atoms with Crippen molar-refractivity contribution in [1.82, 2.24) is 9.55 Å². The summed E-state index contributed by atoms with van der Waals surface area (Å²) in [6.07, 6.45) is 11.1. The van der Waals surface area contributed by atoms with E-state index in [0.29, 0.717) is 12.0 Å². The lowest BCUT2D eigenvalue weighted by molar-refractivity contribution is 0.468. The molecule has 0 radical (unpaired) electrons. The monoisotopic (exact) mass is 260 g/mol. The number of aromatic nitrogens is 2. The quantitative estimate of drug-likeness (QED) is 0.645. The second-order valence-electron chi connectivity index (χ2n) is 4.70. The van der Waals surface area contributed by atoms with Crippen LogP contribution in [0.15, 0.2) is 42.7 Å². The molecule has 0 saturated carbocycles. The minimum Gasteiger partial charge on any atom is -0.323 e. The molecule has 0 amide bonds. The third-order valence-electron chi connectivity index (χ3n) is 3.53. The molecule has 3 heteroatoms. The summed E-state index contributed by atoms with van der Waals surface area (Å²) in [5.74, 6) is 2.49. The van der Waals surface area contributed by atoms with E-state index >= 15 is 0 Å². The van der Waals surface area contributed by atoms with Crippen LogP contribution >= 0.6 is 12.6 Å². The van der Waals surface area contributed by atoms with Crippen LogP contribution in [-0.4, -0.2) is 9.55 Å². The first-order valence-corrected chi connectivity index (χ1v) is 6.97. The molecule has 96 valence electrons. The summed E-state index contributed by atoms with van der Waals surface area (Å²) >= 11 is 4.40. The van der Waals surface area contributed by atoms with Crippen LogP contribution in [0.4, 0.5) is 0 Å². The van der Waals surface area contributed by atoms with E-state index in [1.807, 2.05) is 18.3 Å². The van der Waals surface area contributed by atoms with Crippen LogP contribution in [0.2, 0.25) is 0 Å². The average molecular weight is 260 g/mol. The zero-order valence-electron chi connectivity index (χ0n) is 11.0. The highest BCUT2D eigenvalue weighted by Gasteiger charge is 2.32. The Bertz CT molecular complexity index is 497. The van der Waals surface area contributed by atoms with Crippen molar-refractivity contribution in [2.45, 2.75) is 32.1 Å². The van der Waals surface area contributed by atoms with E-state index in [9.17, 15) is 0 Å². The highest BCUT2D eigenvalue weighted by Crippen LogP contribution is 2.38. The molecule has 0 saturated heterocycles. The van der Waals surface area contributed by atoms with Gasteiger partial charge in [-0.15, -0.1) is 0 Å². The molecular weight excluding hydrogens is 240 g/mol. The van der Waals surface area contributed by atoms with E-state index < -0.39 is 0 Å². The maximum atomic E-state index is 4.51. The summed E-state index contributed by atoms with van der Waals surface area (Å²) in [7, 11) is 0. The van der Waals surface area contributed by atoms with Crippen molar-refractivity contribution in [3.63, 3.8) is 0 Å². The second kappa shape index (κ2) is 5.61. The van der Waals surface area contributed by atoms with E-state index in [1.54, 1.807) is 0 Å². The van der Waals surface area contributed by atoms with E-state index in [-0.39, 0.29) is 0 Å². The molecule has 2 unspecified atom stereocenters. The summed E-state index contributed by atoms with van der Waals surface area (Å²) < 4.78 is 2.35. The SMILES string of the molecule is C=C/C=C\C(=C/C)C1C(C)Cc2ncc(CS)n21. The zero-order chi connectivity index (χ0) is 13.1. The third kappa shape index (κ3) is 2.19. The summed E-state index contributed by atoms with van der Waals surface area (Å²) in [5.41, 5.74) is 2.52. The molecule has 0 bridgehead atoms. The van der Waals surface area contributed by atoms with Gasteiger partial charge < -0.3 is 4.57 Å². The Balaban J connectivity index is 2.42. The van der Waals surface area contributed by atoms with Gasteiger partial charge in [0.25, 0.3) is 0 Å². The van der Waals surface area contributed by atoms with Crippen LogP contribution in [-0.2, 0) is 12.2 Å². The van der Waals surface area contributed by atoms with Gasteiger partial charge in [0, 0.05) is 24.1 Å². The van der Waals surface area contributed by atoms with Gasteiger partial charge in [0.15, 0.2) is 0 Å². The van der Waals surface area contributed by atoms with Gasteiger partial charge in [0.2, 0.25) is 0 Å². The van der Waals surface area contributed by atoms with E-state index in [0.717, 1.165) is 12.2 Å². The zero-order valence-corrected chi connectivity index (χ0v) is 11.9. The lowest BCUT2D eigenvalue weighted by Crippen LogP contribution is -2.14. The smallest absolute Gasteiger partial charge is 0.109 e. The molecule has 2 nitrogen and oxygen atoms in total. The van der Waals surface area contributed by atoms with Gasteiger partial charge in [-0.1, -0.05) is 37.8 Å². The molecule has 0 fully saturated rings. The number of thiol groups is 1. The lowest BCUT2D eigenvalue weighted by Gasteiger charge is -2.21. The van der Waals surface area contributed by atoms with Gasteiger partial charge in [-0.3, -0.25) is 0 Å². The Morgan fingerprint density at radius 2 is 2.44 bits per heavy atom. The predicted octanol–water partition coefficient (Wildman–Crippen LogP) is 3.73. The molecule has 2 atom stereocenters. The number of imidazole rings is 1. The number of hydrogen-bond acceptors (Lipinski definition) is 2. The van der Waals surface area contributed by atoms with Gasteiger partial charge in [-0.05, 0) is 18.4 Å². The van der Waals surface area contributed by atoms with Crippen LogP contribution in [0.1, 0.15) is 31.4 Å². The number of hydrogen-bond donors (Lipinski definition) is 1. The van der Waals surface area contributed by atoms with Crippen LogP contribution in [0.3, 0.4) is 0 Å². The molecular formula is C15H20N2S. The largest absolute Gasteiger partial charge is 0.323 e. The molecule has 1 aliphatic heterocycles. The van der Waals surface area contributed by atoms with Crippen molar-refractivity contribution in [3.05, 3.63) is 54.2 Å². The maximum absolute atomic E-state index is 4.51.